The molecule has 0 aliphatic heterocycles. The molecule has 96 valence electrons. The molecule has 0 saturated heterocycles. The molecular formula is C16H22N2. The van der Waals surface area contributed by atoms with Crippen LogP contribution >= 0.6 is 0 Å². The minimum atomic E-state index is 1.09. The van der Waals surface area contributed by atoms with Gasteiger partial charge in [-0.1, -0.05) is 19.4 Å². The van der Waals surface area contributed by atoms with Crippen LogP contribution in [0.3, 0.4) is 0 Å². The van der Waals surface area contributed by atoms with Crippen molar-refractivity contribution in [3.63, 3.8) is 0 Å². The van der Waals surface area contributed by atoms with Crippen LogP contribution in [0.1, 0.15) is 36.6 Å². The van der Waals surface area contributed by atoms with Gasteiger partial charge in [0.15, 0.2) is 0 Å². The largest absolute Gasteiger partial charge is 0.387 e. The van der Waals surface area contributed by atoms with Gasteiger partial charge in [0, 0.05) is 23.8 Å². The van der Waals surface area contributed by atoms with E-state index >= 15 is 0 Å². The zero-order chi connectivity index (χ0) is 13.1. The average Bonchev–Trinajstić information content (AvgIpc) is 2.38. The summed E-state index contributed by atoms with van der Waals surface area (Å²) in [5.41, 5.74) is 6.07. The Morgan fingerprint density at radius 2 is 2.00 bits per heavy atom. The molecule has 0 saturated carbocycles. The number of hydrogen-bond acceptors (Lipinski definition) is 2. The van der Waals surface area contributed by atoms with E-state index in [1.807, 2.05) is 7.05 Å². The molecule has 0 unspecified atom stereocenters. The van der Waals surface area contributed by atoms with Crippen LogP contribution in [0.15, 0.2) is 18.2 Å². The van der Waals surface area contributed by atoms with Crippen LogP contribution in [0.4, 0.5) is 5.69 Å². The predicted molar refractivity (Wildman–Crippen MR) is 79.4 cm³/mol. The number of rotatable bonds is 4. The van der Waals surface area contributed by atoms with Crippen molar-refractivity contribution in [2.75, 3.05) is 12.4 Å². The SMILES string of the molecule is CCCCc1ccc2nc(C)c(C)c(NC)c2c1. The molecule has 1 heterocycles. The Morgan fingerprint density at radius 3 is 2.67 bits per heavy atom. The fraction of sp³-hybridized carbons (Fsp3) is 0.438. The fourth-order valence-electron chi connectivity index (χ4n) is 2.39. The highest BCUT2D eigenvalue weighted by molar-refractivity contribution is 5.93. The maximum absolute atomic E-state index is 4.67. The Kier molecular flexibility index (Phi) is 3.85. The van der Waals surface area contributed by atoms with Crippen LogP contribution in [-0.4, -0.2) is 12.0 Å². The molecule has 0 aliphatic carbocycles. The van der Waals surface area contributed by atoms with Gasteiger partial charge in [-0.15, -0.1) is 0 Å². The van der Waals surface area contributed by atoms with Gasteiger partial charge in [0.2, 0.25) is 0 Å². The highest BCUT2D eigenvalue weighted by Gasteiger charge is 2.08. The number of anilines is 1. The minimum absolute atomic E-state index is 1.09. The third-order valence-electron chi connectivity index (χ3n) is 3.61. The minimum Gasteiger partial charge on any atom is -0.387 e. The first-order chi connectivity index (χ1) is 8.67. The molecule has 2 aromatic rings. The van der Waals surface area contributed by atoms with Gasteiger partial charge in [-0.3, -0.25) is 4.98 Å². The van der Waals surface area contributed by atoms with Crippen LogP contribution < -0.4 is 5.32 Å². The normalized spacial score (nSPS) is 10.9. The zero-order valence-electron chi connectivity index (χ0n) is 11.8. The quantitative estimate of drug-likeness (QED) is 0.867. The van der Waals surface area contributed by atoms with Crippen molar-refractivity contribution in [1.82, 2.24) is 4.98 Å². The molecule has 0 aliphatic rings. The lowest BCUT2D eigenvalue weighted by Gasteiger charge is -2.13. The van der Waals surface area contributed by atoms with E-state index < -0.39 is 0 Å². The number of aryl methyl sites for hydroxylation is 2. The first kappa shape index (κ1) is 12.9. The van der Waals surface area contributed by atoms with Gasteiger partial charge in [-0.05, 0) is 49.9 Å². The topological polar surface area (TPSA) is 24.9 Å². The fourth-order valence-corrected chi connectivity index (χ4v) is 2.39. The molecule has 0 atom stereocenters. The van der Waals surface area contributed by atoms with E-state index in [1.165, 1.54) is 35.0 Å². The third-order valence-corrected chi connectivity index (χ3v) is 3.61. The summed E-state index contributed by atoms with van der Waals surface area (Å²) >= 11 is 0. The van der Waals surface area contributed by atoms with Crippen molar-refractivity contribution in [3.05, 3.63) is 35.0 Å². The highest BCUT2D eigenvalue weighted by atomic mass is 14.8. The van der Waals surface area contributed by atoms with Crippen LogP contribution in [0.25, 0.3) is 10.9 Å². The molecule has 1 aromatic heterocycles. The monoisotopic (exact) mass is 242 g/mol. The van der Waals surface area contributed by atoms with Crippen molar-refractivity contribution in [2.45, 2.75) is 40.0 Å². The van der Waals surface area contributed by atoms with Gasteiger partial charge in [0.05, 0.1) is 5.52 Å². The second-order valence-electron chi connectivity index (χ2n) is 4.90. The summed E-state index contributed by atoms with van der Waals surface area (Å²) in [6, 6.07) is 6.64. The summed E-state index contributed by atoms with van der Waals surface area (Å²) in [5.74, 6) is 0. The van der Waals surface area contributed by atoms with Crippen molar-refractivity contribution in [1.29, 1.82) is 0 Å². The number of pyridine rings is 1. The Hall–Kier alpha value is -1.57. The van der Waals surface area contributed by atoms with Gasteiger partial charge >= 0.3 is 0 Å². The molecule has 0 spiro atoms. The van der Waals surface area contributed by atoms with E-state index in [-0.39, 0.29) is 0 Å². The van der Waals surface area contributed by atoms with E-state index in [0.717, 1.165) is 17.6 Å². The molecule has 0 fully saturated rings. The summed E-state index contributed by atoms with van der Waals surface area (Å²) in [5, 5.41) is 4.57. The lowest BCUT2D eigenvalue weighted by Crippen LogP contribution is -1.99. The van der Waals surface area contributed by atoms with Crippen LogP contribution in [0, 0.1) is 13.8 Å². The third kappa shape index (κ3) is 2.33. The molecule has 2 heteroatoms. The van der Waals surface area contributed by atoms with Gasteiger partial charge in [0.1, 0.15) is 0 Å². The smallest absolute Gasteiger partial charge is 0.0726 e. The standard InChI is InChI=1S/C16H22N2/c1-5-6-7-13-8-9-15-14(10-13)16(17-4)11(2)12(3)18-15/h8-10H,5-7H2,1-4H3,(H,17,18). The second kappa shape index (κ2) is 5.38. The first-order valence-electron chi connectivity index (χ1n) is 6.75. The molecule has 2 rings (SSSR count). The Morgan fingerprint density at radius 1 is 1.22 bits per heavy atom. The Labute approximate surface area is 109 Å². The summed E-state index contributed by atoms with van der Waals surface area (Å²) in [6.45, 7) is 6.43. The van der Waals surface area contributed by atoms with E-state index in [4.69, 9.17) is 0 Å². The number of aromatic nitrogens is 1. The molecule has 1 N–H and O–H groups in total. The summed E-state index contributed by atoms with van der Waals surface area (Å²) < 4.78 is 0. The second-order valence-corrected chi connectivity index (χ2v) is 4.90. The molecule has 1 aromatic carbocycles. The van der Waals surface area contributed by atoms with E-state index in [0.29, 0.717) is 0 Å². The van der Waals surface area contributed by atoms with Gasteiger partial charge in [-0.2, -0.15) is 0 Å². The number of unbranched alkanes of at least 4 members (excludes halogenated alkanes) is 1. The van der Waals surface area contributed by atoms with Crippen molar-refractivity contribution in [3.8, 4) is 0 Å². The first-order valence-corrected chi connectivity index (χ1v) is 6.75. The number of nitrogens with one attached hydrogen (secondary N) is 1. The van der Waals surface area contributed by atoms with Crippen molar-refractivity contribution >= 4 is 16.6 Å². The maximum Gasteiger partial charge on any atom is 0.0726 e. The molecule has 0 radical (unpaired) electrons. The summed E-state index contributed by atoms with van der Waals surface area (Å²) in [4.78, 5) is 4.67. The molecule has 0 amide bonds. The summed E-state index contributed by atoms with van der Waals surface area (Å²) in [7, 11) is 1.99. The number of fused-ring (bicyclic) bond motifs is 1. The average molecular weight is 242 g/mol. The van der Waals surface area contributed by atoms with Gasteiger partial charge < -0.3 is 5.32 Å². The van der Waals surface area contributed by atoms with E-state index in [2.05, 4.69) is 49.3 Å². The van der Waals surface area contributed by atoms with Crippen LogP contribution in [0.5, 0.6) is 0 Å². The Bertz CT molecular complexity index is 559. The maximum atomic E-state index is 4.67. The van der Waals surface area contributed by atoms with Crippen LogP contribution in [0.2, 0.25) is 0 Å². The van der Waals surface area contributed by atoms with Gasteiger partial charge in [-0.25, -0.2) is 0 Å². The van der Waals surface area contributed by atoms with E-state index in [1.54, 1.807) is 0 Å². The zero-order valence-corrected chi connectivity index (χ0v) is 11.8. The molecule has 18 heavy (non-hydrogen) atoms. The predicted octanol–water partition coefficient (Wildman–Crippen LogP) is 4.24. The number of hydrogen-bond donors (Lipinski definition) is 1. The molecule has 2 nitrogen and oxygen atoms in total. The van der Waals surface area contributed by atoms with Gasteiger partial charge in [0.25, 0.3) is 0 Å². The van der Waals surface area contributed by atoms with Crippen LogP contribution in [-0.2, 0) is 6.42 Å². The summed E-state index contributed by atoms with van der Waals surface area (Å²) in [6.07, 6.45) is 3.64. The molecular weight excluding hydrogens is 220 g/mol. The van der Waals surface area contributed by atoms with E-state index in [9.17, 15) is 0 Å². The Balaban J connectivity index is 2.56. The highest BCUT2D eigenvalue weighted by Crippen LogP contribution is 2.28. The lowest BCUT2D eigenvalue weighted by atomic mass is 10.0. The van der Waals surface area contributed by atoms with Crippen molar-refractivity contribution < 1.29 is 0 Å². The number of nitrogens with zero attached hydrogens (tertiary/aromatic N) is 1. The lowest BCUT2D eigenvalue weighted by molar-refractivity contribution is 0.796. The van der Waals surface area contributed by atoms with Crippen molar-refractivity contribution in [2.24, 2.45) is 0 Å². The molecule has 0 bridgehead atoms. The number of benzene rings is 1.